The second kappa shape index (κ2) is 15.6. The van der Waals surface area contributed by atoms with E-state index in [2.05, 4.69) is 17.0 Å². The van der Waals surface area contributed by atoms with Gasteiger partial charge >= 0.3 is 0 Å². The van der Waals surface area contributed by atoms with Crippen molar-refractivity contribution in [3.05, 3.63) is 35.9 Å². The van der Waals surface area contributed by atoms with Crippen LogP contribution in [0.1, 0.15) is 18.4 Å². The molecule has 1 aliphatic rings. The van der Waals surface area contributed by atoms with Crippen LogP contribution < -0.4 is 5.73 Å². The number of rotatable bonds is 7. The van der Waals surface area contributed by atoms with Crippen LogP contribution in [0.2, 0.25) is 0 Å². The number of hydrogen-bond acceptors (Lipinski definition) is 4. The van der Waals surface area contributed by atoms with E-state index in [1.54, 1.807) is 7.11 Å². The summed E-state index contributed by atoms with van der Waals surface area (Å²) in [6.45, 7) is 2.41. The first kappa shape index (κ1) is 29.1. The second-order valence-corrected chi connectivity index (χ2v) is 5.67. The monoisotopic (exact) mass is 418 g/mol. The van der Waals surface area contributed by atoms with Crippen LogP contribution in [0.25, 0.3) is 0 Å². The van der Waals surface area contributed by atoms with Crippen LogP contribution in [-0.4, -0.2) is 55.0 Å². The Morgan fingerprint density at radius 2 is 1.88 bits per heavy atom. The summed E-state index contributed by atoms with van der Waals surface area (Å²) in [5, 5.41) is 10.3. The Labute approximate surface area is 172 Å². The maximum atomic E-state index is 10.3. The number of ether oxygens (including phenoxy) is 1. The molecule has 0 bridgehead atoms. The number of likely N-dealkylation sites (tertiary alicyclic amines) is 1. The molecule has 3 atom stereocenters. The van der Waals surface area contributed by atoms with Gasteiger partial charge in [0.15, 0.2) is 0 Å². The zero-order valence-electron chi connectivity index (χ0n) is 14.1. The molecule has 0 aromatic heterocycles. The molecule has 0 unspecified atom stereocenters. The second-order valence-electron chi connectivity index (χ2n) is 5.67. The Kier molecular flexibility index (Phi) is 18.9. The number of halogens is 2. The lowest BCUT2D eigenvalue weighted by atomic mass is 10.0. The molecule has 8 heteroatoms. The van der Waals surface area contributed by atoms with Crippen molar-refractivity contribution in [3.63, 3.8) is 0 Å². The van der Waals surface area contributed by atoms with Crippen LogP contribution in [0.15, 0.2) is 30.3 Å². The number of methoxy groups -OCH3 is 1. The van der Waals surface area contributed by atoms with Crippen molar-refractivity contribution < 1.29 is 9.84 Å². The van der Waals surface area contributed by atoms with E-state index in [1.807, 2.05) is 18.2 Å². The predicted molar refractivity (Wildman–Crippen MR) is 116 cm³/mol. The average molecular weight is 419 g/mol. The first-order valence-corrected chi connectivity index (χ1v) is 7.41. The van der Waals surface area contributed by atoms with Gasteiger partial charge in [-0.3, -0.25) is 4.90 Å². The van der Waals surface area contributed by atoms with E-state index in [1.165, 1.54) is 12.0 Å². The normalized spacial score (nSPS) is 19.0. The molecule has 0 amide bonds. The molecule has 2 rings (SSSR count). The standard InChI is InChI=1S/C16H26N2O2.2ClH.2H2S/c1-20-12-14-8-5-9-18(14)11-16(19)15(17)10-13-6-3-2-4-7-13;;;;/h2-4,6-7,14-16,19H,5,8-12,17H2,1H3;2*1H;2*1H2/t14-,15+,16-;;;;/m0..../s1. The van der Waals surface area contributed by atoms with Crippen molar-refractivity contribution in [2.24, 2.45) is 5.73 Å². The third kappa shape index (κ3) is 9.15. The quantitative estimate of drug-likeness (QED) is 0.711. The first-order chi connectivity index (χ1) is 9.70. The van der Waals surface area contributed by atoms with Crippen LogP contribution in [0.5, 0.6) is 0 Å². The minimum absolute atomic E-state index is 0. The molecule has 3 N–H and O–H groups in total. The van der Waals surface area contributed by atoms with Crippen molar-refractivity contribution in [2.75, 3.05) is 26.8 Å². The Morgan fingerprint density at radius 3 is 2.46 bits per heavy atom. The third-order valence-corrected chi connectivity index (χ3v) is 4.09. The highest BCUT2D eigenvalue weighted by atomic mass is 35.5. The number of β-amino-alcohol motifs (C(OH)–C–C–N with tert-alkyl or cyclic N) is 1. The maximum absolute atomic E-state index is 10.3. The van der Waals surface area contributed by atoms with Crippen molar-refractivity contribution >= 4 is 51.8 Å². The van der Waals surface area contributed by atoms with Gasteiger partial charge in [0.2, 0.25) is 0 Å². The van der Waals surface area contributed by atoms with Crippen LogP contribution in [-0.2, 0) is 11.2 Å². The van der Waals surface area contributed by atoms with E-state index >= 15 is 0 Å². The van der Waals surface area contributed by atoms with Crippen molar-refractivity contribution in [1.29, 1.82) is 0 Å². The Balaban J connectivity index is -0.00000110. The molecular weight excluding hydrogens is 387 g/mol. The van der Waals surface area contributed by atoms with Gasteiger partial charge in [0, 0.05) is 25.7 Å². The number of benzene rings is 1. The Morgan fingerprint density at radius 1 is 1.25 bits per heavy atom. The van der Waals surface area contributed by atoms with Crippen LogP contribution in [0.3, 0.4) is 0 Å². The smallest absolute Gasteiger partial charge is 0.0821 e. The molecule has 144 valence electrons. The summed E-state index contributed by atoms with van der Waals surface area (Å²) < 4.78 is 5.24. The van der Waals surface area contributed by atoms with Gasteiger partial charge in [-0.1, -0.05) is 30.3 Å². The Bertz CT molecular complexity index is 405. The summed E-state index contributed by atoms with van der Waals surface area (Å²) in [5.74, 6) is 0. The highest BCUT2D eigenvalue weighted by molar-refractivity contribution is 7.59. The number of nitrogens with two attached hydrogens (primary N) is 1. The summed E-state index contributed by atoms with van der Waals surface area (Å²) in [7, 11) is 1.73. The number of hydrogen-bond donors (Lipinski definition) is 2. The lowest BCUT2D eigenvalue weighted by Crippen LogP contribution is -2.46. The number of nitrogens with zero attached hydrogens (tertiary/aromatic N) is 1. The van der Waals surface area contributed by atoms with Crippen molar-refractivity contribution in [2.45, 2.75) is 37.5 Å². The molecule has 0 aliphatic carbocycles. The summed E-state index contributed by atoms with van der Waals surface area (Å²) in [6, 6.07) is 10.3. The van der Waals surface area contributed by atoms with Gasteiger partial charge in [-0.05, 0) is 31.4 Å². The average Bonchev–Trinajstić information content (AvgIpc) is 2.87. The third-order valence-electron chi connectivity index (χ3n) is 4.09. The number of aliphatic hydroxyl groups excluding tert-OH is 1. The molecule has 0 radical (unpaired) electrons. The largest absolute Gasteiger partial charge is 0.390 e. The number of aliphatic hydroxyl groups is 1. The minimum atomic E-state index is -0.493. The lowest BCUT2D eigenvalue weighted by Gasteiger charge is -2.28. The summed E-state index contributed by atoms with van der Waals surface area (Å²) in [6.07, 6.45) is 2.54. The molecule has 1 saturated heterocycles. The fraction of sp³-hybridized carbons (Fsp3) is 0.625. The van der Waals surface area contributed by atoms with Crippen LogP contribution in [0.4, 0.5) is 0 Å². The molecule has 1 aromatic carbocycles. The van der Waals surface area contributed by atoms with Crippen molar-refractivity contribution in [1.82, 2.24) is 4.90 Å². The van der Waals surface area contributed by atoms with E-state index in [-0.39, 0.29) is 57.8 Å². The molecule has 0 spiro atoms. The lowest BCUT2D eigenvalue weighted by molar-refractivity contribution is 0.0588. The van der Waals surface area contributed by atoms with E-state index < -0.39 is 6.10 Å². The van der Waals surface area contributed by atoms with Gasteiger partial charge < -0.3 is 15.6 Å². The predicted octanol–water partition coefficient (Wildman–Crippen LogP) is 2.10. The van der Waals surface area contributed by atoms with Gasteiger partial charge in [0.25, 0.3) is 0 Å². The van der Waals surface area contributed by atoms with Gasteiger partial charge in [0.1, 0.15) is 0 Å². The molecule has 1 aliphatic heterocycles. The highest BCUT2D eigenvalue weighted by Crippen LogP contribution is 2.18. The SMILES string of the molecule is COC[C@@H]1CCCN1C[C@H](O)[C@H](N)Cc1ccccc1.Cl.Cl.S.S. The fourth-order valence-corrected chi connectivity index (χ4v) is 2.91. The van der Waals surface area contributed by atoms with Gasteiger partial charge in [0.05, 0.1) is 12.7 Å². The zero-order valence-corrected chi connectivity index (χ0v) is 17.7. The summed E-state index contributed by atoms with van der Waals surface area (Å²) in [4.78, 5) is 2.30. The van der Waals surface area contributed by atoms with E-state index in [9.17, 15) is 5.11 Å². The zero-order chi connectivity index (χ0) is 14.4. The highest BCUT2D eigenvalue weighted by Gasteiger charge is 2.28. The first-order valence-electron chi connectivity index (χ1n) is 7.41. The maximum Gasteiger partial charge on any atom is 0.0821 e. The molecule has 24 heavy (non-hydrogen) atoms. The van der Waals surface area contributed by atoms with Crippen LogP contribution in [0, 0.1) is 0 Å². The molecule has 1 aromatic rings. The summed E-state index contributed by atoms with van der Waals surface area (Å²) in [5.41, 5.74) is 7.31. The molecule has 0 saturated carbocycles. The minimum Gasteiger partial charge on any atom is -0.390 e. The fourth-order valence-electron chi connectivity index (χ4n) is 2.91. The summed E-state index contributed by atoms with van der Waals surface area (Å²) >= 11 is 0. The Hall–Kier alpha value is 0.340. The molecular formula is C16H32Cl2N2O2S2. The van der Waals surface area contributed by atoms with Gasteiger partial charge in [-0.15, -0.1) is 24.8 Å². The topological polar surface area (TPSA) is 58.7 Å². The van der Waals surface area contributed by atoms with E-state index in [4.69, 9.17) is 10.5 Å². The molecule has 1 fully saturated rings. The van der Waals surface area contributed by atoms with Crippen molar-refractivity contribution in [3.8, 4) is 0 Å². The van der Waals surface area contributed by atoms with E-state index in [0.717, 1.165) is 19.6 Å². The molecule has 4 nitrogen and oxygen atoms in total. The van der Waals surface area contributed by atoms with Gasteiger partial charge in [-0.25, -0.2) is 0 Å². The van der Waals surface area contributed by atoms with Crippen LogP contribution >= 0.6 is 51.8 Å². The van der Waals surface area contributed by atoms with E-state index in [0.29, 0.717) is 19.0 Å². The molecule has 1 heterocycles. The van der Waals surface area contributed by atoms with Gasteiger partial charge in [-0.2, -0.15) is 27.0 Å².